The molecule has 18 heavy (non-hydrogen) atoms. The molecule has 0 aliphatic carbocycles. The Hall–Kier alpha value is -2.01. The average molecular weight is 265 g/mol. The third-order valence-corrected chi connectivity index (χ3v) is 2.92. The van der Waals surface area contributed by atoms with Crippen molar-refractivity contribution >= 4 is 23.2 Å². The number of aryl methyl sites for hydroxylation is 1. The fraction of sp³-hybridized carbons (Fsp3) is 0.167. The maximum atomic E-state index is 11.0. The highest BCUT2D eigenvalue weighted by molar-refractivity contribution is 6.31. The van der Waals surface area contributed by atoms with E-state index >= 15 is 0 Å². The van der Waals surface area contributed by atoms with Crippen molar-refractivity contribution in [1.82, 2.24) is 9.78 Å². The summed E-state index contributed by atoms with van der Waals surface area (Å²) in [4.78, 5) is 11.0. The number of nitrogen functional groups attached to an aromatic ring is 1. The second-order valence-corrected chi connectivity index (χ2v) is 4.50. The van der Waals surface area contributed by atoms with Crippen molar-refractivity contribution < 1.29 is 4.79 Å². The van der Waals surface area contributed by atoms with Crippen LogP contribution in [0, 0.1) is 6.92 Å². The van der Waals surface area contributed by atoms with Crippen molar-refractivity contribution in [3.8, 4) is 0 Å². The summed E-state index contributed by atoms with van der Waals surface area (Å²) in [6.45, 7) is 2.41. The van der Waals surface area contributed by atoms with Gasteiger partial charge in [-0.1, -0.05) is 23.7 Å². The van der Waals surface area contributed by atoms with Crippen LogP contribution in [0.3, 0.4) is 0 Å². The van der Waals surface area contributed by atoms with E-state index in [9.17, 15) is 4.79 Å². The van der Waals surface area contributed by atoms with Gasteiger partial charge in [-0.3, -0.25) is 9.48 Å². The van der Waals surface area contributed by atoms with E-state index in [1.54, 1.807) is 10.9 Å². The van der Waals surface area contributed by atoms with Crippen LogP contribution in [0.4, 0.5) is 5.69 Å². The van der Waals surface area contributed by atoms with Gasteiger partial charge < -0.3 is 11.5 Å². The molecule has 0 saturated carbocycles. The van der Waals surface area contributed by atoms with Gasteiger partial charge in [0.25, 0.3) is 5.91 Å². The topological polar surface area (TPSA) is 86.9 Å². The molecule has 0 bridgehead atoms. The first-order chi connectivity index (χ1) is 8.47. The number of hydrogen-bond acceptors (Lipinski definition) is 3. The first-order valence-corrected chi connectivity index (χ1v) is 5.73. The molecule has 1 heterocycles. The molecule has 2 aromatic rings. The summed E-state index contributed by atoms with van der Waals surface area (Å²) in [7, 11) is 0. The maximum Gasteiger partial charge on any atom is 0.271 e. The molecule has 0 saturated heterocycles. The van der Waals surface area contributed by atoms with Crippen LogP contribution in [0.15, 0.2) is 24.4 Å². The van der Waals surface area contributed by atoms with Crippen molar-refractivity contribution in [3.05, 3.63) is 46.2 Å². The summed E-state index contributed by atoms with van der Waals surface area (Å²) in [6.07, 6.45) is 1.57. The summed E-state index contributed by atoms with van der Waals surface area (Å²) in [5.74, 6) is -0.638. The van der Waals surface area contributed by atoms with E-state index in [4.69, 9.17) is 23.1 Å². The van der Waals surface area contributed by atoms with Crippen LogP contribution in [-0.4, -0.2) is 15.7 Å². The van der Waals surface area contributed by atoms with E-state index in [0.717, 1.165) is 11.1 Å². The highest BCUT2D eigenvalue weighted by Crippen LogP contribution is 2.19. The van der Waals surface area contributed by atoms with E-state index in [1.807, 2.05) is 25.1 Å². The van der Waals surface area contributed by atoms with Crippen molar-refractivity contribution in [1.29, 1.82) is 0 Å². The zero-order chi connectivity index (χ0) is 13.3. The van der Waals surface area contributed by atoms with Crippen LogP contribution in [0.5, 0.6) is 0 Å². The molecule has 0 aliphatic heterocycles. The van der Waals surface area contributed by atoms with Gasteiger partial charge in [-0.15, -0.1) is 0 Å². The zero-order valence-electron chi connectivity index (χ0n) is 9.85. The van der Waals surface area contributed by atoms with Crippen LogP contribution in [-0.2, 0) is 6.54 Å². The quantitative estimate of drug-likeness (QED) is 0.882. The molecule has 5 nitrogen and oxygen atoms in total. The molecule has 0 aliphatic rings. The predicted octanol–water partition coefficient (Wildman–Crippen LogP) is 1.57. The highest BCUT2D eigenvalue weighted by Gasteiger charge is 2.12. The number of nitrogens with zero attached hydrogens (tertiary/aromatic N) is 2. The number of nitrogens with two attached hydrogens (primary N) is 2. The fourth-order valence-corrected chi connectivity index (χ4v) is 1.96. The van der Waals surface area contributed by atoms with Gasteiger partial charge in [-0.05, 0) is 24.1 Å². The molecule has 0 fully saturated rings. The standard InChI is InChI=1S/C12H13ClN4O/c1-7-2-3-8(9(13)4-7)5-17-6-10(14)11(16-17)12(15)18/h2-4,6H,5,14H2,1H3,(H2,15,18). The maximum absolute atomic E-state index is 11.0. The minimum atomic E-state index is -0.638. The lowest BCUT2D eigenvalue weighted by Gasteiger charge is -2.05. The highest BCUT2D eigenvalue weighted by atomic mass is 35.5. The summed E-state index contributed by atoms with van der Waals surface area (Å²) in [5.41, 5.74) is 13.1. The Morgan fingerprint density at radius 3 is 2.78 bits per heavy atom. The lowest BCUT2D eigenvalue weighted by Crippen LogP contribution is -2.14. The summed E-state index contributed by atoms with van der Waals surface area (Å²) in [6, 6.07) is 5.75. The predicted molar refractivity (Wildman–Crippen MR) is 70.4 cm³/mol. The molecule has 0 atom stereocenters. The molecule has 1 aromatic heterocycles. The van der Waals surface area contributed by atoms with Gasteiger partial charge in [0.05, 0.1) is 12.2 Å². The Morgan fingerprint density at radius 1 is 1.50 bits per heavy atom. The largest absolute Gasteiger partial charge is 0.396 e. The average Bonchev–Trinajstić information content (AvgIpc) is 2.64. The number of aromatic nitrogens is 2. The van der Waals surface area contributed by atoms with Crippen molar-refractivity contribution in [2.75, 3.05) is 5.73 Å². The van der Waals surface area contributed by atoms with Gasteiger partial charge >= 0.3 is 0 Å². The normalized spacial score (nSPS) is 10.6. The van der Waals surface area contributed by atoms with Gasteiger partial charge in [-0.25, -0.2) is 0 Å². The van der Waals surface area contributed by atoms with E-state index in [1.165, 1.54) is 0 Å². The molecule has 1 amide bonds. The second kappa shape index (κ2) is 4.70. The monoisotopic (exact) mass is 264 g/mol. The zero-order valence-corrected chi connectivity index (χ0v) is 10.6. The second-order valence-electron chi connectivity index (χ2n) is 4.09. The van der Waals surface area contributed by atoms with Crippen molar-refractivity contribution in [2.24, 2.45) is 5.73 Å². The molecule has 94 valence electrons. The van der Waals surface area contributed by atoms with Crippen LogP contribution in [0.2, 0.25) is 5.02 Å². The lowest BCUT2D eigenvalue weighted by molar-refractivity contribution is 0.0995. The Labute approximate surface area is 109 Å². The van der Waals surface area contributed by atoms with Crippen LogP contribution in [0.1, 0.15) is 21.6 Å². The Morgan fingerprint density at radius 2 is 2.22 bits per heavy atom. The SMILES string of the molecule is Cc1ccc(Cn2cc(N)c(C(N)=O)n2)c(Cl)c1. The fourth-order valence-electron chi connectivity index (χ4n) is 1.66. The van der Waals surface area contributed by atoms with Gasteiger partial charge in [0, 0.05) is 11.2 Å². The molecule has 4 N–H and O–H groups in total. The third kappa shape index (κ3) is 2.46. The van der Waals surface area contributed by atoms with Crippen LogP contribution in [0.25, 0.3) is 0 Å². The molecule has 1 aromatic carbocycles. The minimum absolute atomic E-state index is 0.0817. The Balaban J connectivity index is 2.29. The molecule has 0 unspecified atom stereocenters. The number of hydrogen-bond donors (Lipinski definition) is 2. The summed E-state index contributed by atoms with van der Waals surface area (Å²) in [5, 5.41) is 4.68. The summed E-state index contributed by atoms with van der Waals surface area (Å²) >= 11 is 6.12. The van der Waals surface area contributed by atoms with Crippen LogP contribution >= 0.6 is 11.6 Å². The van der Waals surface area contributed by atoms with Crippen LogP contribution < -0.4 is 11.5 Å². The van der Waals surface area contributed by atoms with Crippen molar-refractivity contribution in [2.45, 2.75) is 13.5 Å². The van der Waals surface area contributed by atoms with E-state index < -0.39 is 5.91 Å². The Kier molecular flexibility index (Phi) is 3.25. The molecular weight excluding hydrogens is 252 g/mol. The molecule has 6 heteroatoms. The van der Waals surface area contributed by atoms with Gasteiger partial charge in [-0.2, -0.15) is 5.10 Å². The first kappa shape index (κ1) is 12.4. The number of amides is 1. The van der Waals surface area contributed by atoms with Gasteiger partial charge in [0.2, 0.25) is 0 Å². The molecular formula is C12H13ClN4O. The number of carbonyl (C=O) groups excluding carboxylic acids is 1. The number of rotatable bonds is 3. The van der Waals surface area contributed by atoms with Gasteiger partial charge in [0.15, 0.2) is 5.69 Å². The van der Waals surface area contributed by atoms with Gasteiger partial charge in [0.1, 0.15) is 0 Å². The lowest BCUT2D eigenvalue weighted by atomic mass is 10.1. The molecule has 2 rings (SSSR count). The number of benzene rings is 1. The molecule has 0 spiro atoms. The number of anilines is 1. The third-order valence-electron chi connectivity index (χ3n) is 2.56. The van der Waals surface area contributed by atoms with E-state index in [-0.39, 0.29) is 11.4 Å². The number of halogens is 1. The smallest absolute Gasteiger partial charge is 0.271 e. The van der Waals surface area contributed by atoms with Crippen molar-refractivity contribution in [3.63, 3.8) is 0 Å². The minimum Gasteiger partial charge on any atom is -0.396 e. The molecule has 0 radical (unpaired) electrons. The number of carbonyl (C=O) groups is 1. The first-order valence-electron chi connectivity index (χ1n) is 5.35. The Bertz CT molecular complexity index is 606. The van der Waals surface area contributed by atoms with E-state index in [0.29, 0.717) is 11.6 Å². The summed E-state index contributed by atoms with van der Waals surface area (Å²) < 4.78 is 1.55. The van der Waals surface area contributed by atoms with E-state index in [2.05, 4.69) is 5.10 Å². The number of primary amides is 1.